The molecule has 7 nitrogen and oxygen atoms in total. The van der Waals surface area contributed by atoms with Crippen molar-refractivity contribution < 1.29 is 14.4 Å². The number of imide groups is 1. The van der Waals surface area contributed by atoms with Gasteiger partial charge in [0.1, 0.15) is 12.1 Å². The zero-order chi connectivity index (χ0) is 14.8. The van der Waals surface area contributed by atoms with E-state index in [1.807, 2.05) is 13.8 Å². The quantitative estimate of drug-likeness (QED) is 0.611. The summed E-state index contributed by atoms with van der Waals surface area (Å²) < 4.78 is 0. The Morgan fingerprint density at radius 3 is 2.85 bits per heavy atom. The van der Waals surface area contributed by atoms with Crippen LogP contribution in [-0.4, -0.2) is 54.0 Å². The first-order valence-corrected chi connectivity index (χ1v) is 7.12. The van der Waals surface area contributed by atoms with Gasteiger partial charge >= 0.3 is 6.03 Å². The molecular weight excluding hydrogens is 260 g/mol. The van der Waals surface area contributed by atoms with Crippen molar-refractivity contribution in [2.75, 3.05) is 19.6 Å². The molecule has 0 bridgehead atoms. The van der Waals surface area contributed by atoms with E-state index < -0.39 is 11.6 Å². The van der Waals surface area contributed by atoms with Crippen molar-refractivity contribution in [3.63, 3.8) is 0 Å². The van der Waals surface area contributed by atoms with Gasteiger partial charge in [0, 0.05) is 12.6 Å². The molecule has 2 rings (SSSR count). The summed E-state index contributed by atoms with van der Waals surface area (Å²) in [7, 11) is 0. The molecule has 3 N–H and O–H groups in total. The minimum atomic E-state index is -0.855. The fourth-order valence-corrected chi connectivity index (χ4v) is 2.58. The van der Waals surface area contributed by atoms with Crippen LogP contribution in [-0.2, 0) is 9.59 Å². The van der Waals surface area contributed by atoms with Crippen LogP contribution in [0.2, 0.25) is 0 Å². The van der Waals surface area contributed by atoms with E-state index >= 15 is 0 Å². The molecule has 7 heteroatoms. The molecule has 0 saturated carbocycles. The summed E-state index contributed by atoms with van der Waals surface area (Å²) in [6, 6.07) is -0.438. The van der Waals surface area contributed by atoms with Crippen molar-refractivity contribution >= 4 is 17.8 Å². The number of carbonyl (C=O) groups excluding carboxylic acids is 3. The van der Waals surface area contributed by atoms with Crippen molar-refractivity contribution in [3.8, 4) is 0 Å². The Bertz CT molecular complexity index is 418. The third-order valence-corrected chi connectivity index (χ3v) is 3.95. The highest BCUT2D eigenvalue weighted by molar-refractivity contribution is 6.09. The number of carbonyl (C=O) groups is 3. The predicted molar refractivity (Wildman–Crippen MR) is 73.0 cm³/mol. The van der Waals surface area contributed by atoms with E-state index in [2.05, 4.69) is 16.0 Å². The van der Waals surface area contributed by atoms with Crippen molar-refractivity contribution in [1.29, 1.82) is 0 Å². The fourth-order valence-electron chi connectivity index (χ4n) is 2.58. The normalized spacial score (nSPS) is 27.6. The van der Waals surface area contributed by atoms with Crippen LogP contribution in [0.5, 0.6) is 0 Å². The van der Waals surface area contributed by atoms with Gasteiger partial charge in [0.2, 0.25) is 5.91 Å². The summed E-state index contributed by atoms with van der Waals surface area (Å²) in [4.78, 5) is 37.2. The minimum Gasteiger partial charge on any atom is -0.352 e. The number of rotatable bonds is 4. The van der Waals surface area contributed by atoms with E-state index in [0.717, 1.165) is 24.3 Å². The van der Waals surface area contributed by atoms with E-state index in [4.69, 9.17) is 0 Å². The topological polar surface area (TPSA) is 90.5 Å². The third-order valence-electron chi connectivity index (χ3n) is 3.95. The summed E-state index contributed by atoms with van der Waals surface area (Å²) in [5.41, 5.74) is -0.855. The summed E-state index contributed by atoms with van der Waals surface area (Å²) in [6.07, 6.45) is 2.26. The Morgan fingerprint density at radius 1 is 1.50 bits per heavy atom. The first-order valence-electron chi connectivity index (χ1n) is 7.12. The smallest absolute Gasteiger partial charge is 0.325 e. The van der Waals surface area contributed by atoms with E-state index in [9.17, 15) is 14.4 Å². The summed E-state index contributed by atoms with van der Waals surface area (Å²) >= 11 is 0. The van der Waals surface area contributed by atoms with Crippen molar-refractivity contribution in [2.24, 2.45) is 0 Å². The van der Waals surface area contributed by atoms with Crippen LogP contribution < -0.4 is 16.0 Å². The van der Waals surface area contributed by atoms with Gasteiger partial charge in [0.05, 0.1) is 0 Å². The lowest BCUT2D eigenvalue weighted by Gasteiger charge is -2.31. The lowest BCUT2D eigenvalue weighted by Crippen LogP contribution is -2.57. The number of hydrogen-bond acceptors (Lipinski definition) is 4. The van der Waals surface area contributed by atoms with E-state index in [1.54, 1.807) is 0 Å². The second kappa shape index (κ2) is 5.78. The van der Waals surface area contributed by atoms with Gasteiger partial charge in [-0.3, -0.25) is 14.5 Å². The molecule has 1 spiro atoms. The SMILES string of the molecule is CCC(C)NC(=O)CN1C(=O)NC2(CCCNC2)C1=O. The molecule has 4 amide bonds. The van der Waals surface area contributed by atoms with Crippen LogP contribution in [0.4, 0.5) is 4.79 Å². The second-order valence-electron chi connectivity index (χ2n) is 5.56. The molecule has 2 saturated heterocycles. The highest BCUT2D eigenvalue weighted by Crippen LogP contribution is 2.24. The lowest BCUT2D eigenvalue weighted by molar-refractivity contribution is -0.135. The monoisotopic (exact) mass is 282 g/mol. The number of nitrogens with one attached hydrogen (secondary N) is 3. The Hall–Kier alpha value is -1.63. The van der Waals surface area contributed by atoms with Gasteiger partial charge in [-0.2, -0.15) is 0 Å². The van der Waals surface area contributed by atoms with Gasteiger partial charge in [-0.15, -0.1) is 0 Å². The molecule has 2 aliphatic rings. The van der Waals surface area contributed by atoms with Crippen molar-refractivity contribution in [3.05, 3.63) is 0 Å². The molecule has 0 aromatic heterocycles. The van der Waals surface area contributed by atoms with Crippen molar-refractivity contribution in [1.82, 2.24) is 20.9 Å². The minimum absolute atomic E-state index is 0.0357. The molecule has 0 radical (unpaired) electrons. The van der Waals surface area contributed by atoms with Crippen LogP contribution in [0.15, 0.2) is 0 Å². The van der Waals surface area contributed by atoms with Gasteiger partial charge in [0.15, 0.2) is 0 Å². The number of urea groups is 1. The summed E-state index contributed by atoms with van der Waals surface area (Å²) in [5, 5.41) is 8.62. The molecule has 2 aliphatic heterocycles. The average molecular weight is 282 g/mol. The first kappa shape index (κ1) is 14.8. The Kier molecular flexibility index (Phi) is 4.27. The molecule has 0 aromatic carbocycles. The fraction of sp³-hybridized carbons (Fsp3) is 0.769. The molecule has 2 fully saturated rings. The molecule has 0 aliphatic carbocycles. The van der Waals surface area contributed by atoms with Crippen molar-refractivity contribution in [2.45, 2.75) is 44.7 Å². The molecular formula is C13H22N4O3. The van der Waals surface area contributed by atoms with Gasteiger partial charge in [-0.25, -0.2) is 4.79 Å². The summed E-state index contributed by atoms with van der Waals surface area (Å²) in [6.45, 7) is 4.91. The Morgan fingerprint density at radius 2 is 2.25 bits per heavy atom. The third kappa shape index (κ3) is 2.77. The summed E-state index contributed by atoms with van der Waals surface area (Å²) in [5.74, 6) is -0.599. The molecule has 112 valence electrons. The number of nitrogens with zero attached hydrogens (tertiary/aromatic N) is 1. The molecule has 20 heavy (non-hydrogen) atoms. The van der Waals surface area contributed by atoms with E-state index in [0.29, 0.717) is 13.0 Å². The van der Waals surface area contributed by atoms with Crippen LogP contribution in [0, 0.1) is 0 Å². The lowest BCUT2D eigenvalue weighted by atomic mass is 9.90. The highest BCUT2D eigenvalue weighted by atomic mass is 16.2. The Balaban J connectivity index is 2.00. The largest absolute Gasteiger partial charge is 0.352 e. The zero-order valence-electron chi connectivity index (χ0n) is 12.0. The predicted octanol–water partition coefficient (Wildman–Crippen LogP) is -0.425. The maximum Gasteiger partial charge on any atom is 0.325 e. The maximum atomic E-state index is 12.4. The van der Waals surface area contributed by atoms with Gasteiger partial charge in [0.25, 0.3) is 5.91 Å². The van der Waals surface area contributed by atoms with Crippen LogP contribution in [0.1, 0.15) is 33.1 Å². The standard InChI is InChI=1S/C13H22N4O3/c1-3-9(2)15-10(18)7-17-11(19)13(16-12(17)20)5-4-6-14-8-13/h9,14H,3-8H2,1-2H3,(H,15,18)(H,16,20). The molecule has 2 heterocycles. The van der Waals surface area contributed by atoms with Gasteiger partial charge < -0.3 is 16.0 Å². The van der Waals surface area contributed by atoms with Gasteiger partial charge in [-0.1, -0.05) is 6.92 Å². The van der Waals surface area contributed by atoms with Crippen LogP contribution >= 0.6 is 0 Å². The highest BCUT2D eigenvalue weighted by Gasteiger charge is 2.51. The molecule has 0 aromatic rings. The van der Waals surface area contributed by atoms with Gasteiger partial charge in [-0.05, 0) is 32.7 Å². The Labute approximate surface area is 118 Å². The average Bonchev–Trinajstić information content (AvgIpc) is 2.64. The first-order chi connectivity index (χ1) is 9.48. The number of amides is 4. The van der Waals surface area contributed by atoms with E-state index in [1.165, 1.54) is 0 Å². The maximum absolute atomic E-state index is 12.4. The molecule has 2 unspecified atom stereocenters. The van der Waals surface area contributed by atoms with E-state index in [-0.39, 0.29) is 24.4 Å². The number of piperidine rings is 1. The van der Waals surface area contributed by atoms with Crippen LogP contribution in [0.25, 0.3) is 0 Å². The number of hydrogen-bond donors (Lipinski definition) is 3. The molecule has 2 atom stereocenters. The second-order valence-corrected chi connectivity index (χ2v) is 5.56. The zero-order valence-corrected chi connectivity index (χ0v) is 12.0. The van der Waals surface area contributed by atoms with Crippen LogP contribution in [0.3, 0.4) is 0 Å².